The van der Waals surface area contributed by atoms with Crippen molar-refractivity contribution in [2.45, 2.75) is 45.1 Å². The first kappa shape index (κ1) is 13.9. The van der Waals surface area contributed by atoms with Gasteiger partial charge in [0.1, 0.15) is 0 Å². The van der Waals surface area contributed by atoms with E-state index in [1.165, 1.54) is 25.7 Å². The van der Waals surface area contributed by atoms with Gasteiger partial charge in [0.25, 0.3) is 0 Å². The lowest BCUT2D eigenvalue weighted by Crippen LogP contribution is -2.45. The molecule has 1 rings (SSSR count). The van der Waals surface area contributed by atoms with E-state index in [0.29, 0.717) is 11.5 Å². The van der Waals surface area contributed by atoms with Gasteiger partial charge in [0.15, 0.2) is 0 Å². The molecule has 0 saturated heterocycles. The highest BCUT2D eigenvalue weighted by Crippen LogP contribution is 2.43. The van der Waals surface area contributed by atoms with Gasteiger partial charge in [-0.05, 0) is 31.1 Å². The van der Waals surface area contributed by atoms with E-state index in [1.807, 2.05) is 0 Å². The summed E-state index contributed by atoms with van der Waals surface area (Å²) in [6.45, 7) is 5.04. The third kappa shape index (κ3) is 4.04. The number of nitrogens with one attached hydrogen (secondary N) is 1. The Bertz CT molecular complexity index is 181. The normalized spacial score (nSPS) is 20.4. The van der Waals surface area contributed by atoms with Gasteiger partial charge in [-0.2, -0.15) is 0 Å². The summed E-state index contributed by atoms with van der Waals surface area (Å²) >= 11 is 0. The quantitative estimate of drug-likeness (QED) is 0.657. The van der Waals surface area contributed by atoms with Crippen molar-refractivity contribution in [3.8, 4) is 0 Å². The summed E-state index contributed by atoms with van der Waals surface area (Å²) in [6.07, 6.45) is 6.42. The smallest absolute Gasteiger partial charge is 0.0615 e. The Morgan fingerprint density at radius 3 is 2.44 bits per heavy atom. The van der Waals surface area contributed by atoms with Crippen LogP contribution >= 0.6 is 0 Å². The molecule has 0 aromatic heterocycles. The molecule has 1 atom stereocenters. The van der Waals surface area contributed by atoms with Crippen molar-refractivity contribution in [3.63, 3.8) is 0 Å². The first-order chi connectivity index (χ1) is 7.76. The van der Waals surface area contributed by atoms with Crippen LogP contribution in [0, 0.1) is 5.41 Å². The fourth-order valence-corrected chi connectivity index (χ4v) is 2.39. The molecular formula is C13H27NO2. The number of methoxy groups -OCH3 is 2. The van der Waals surface area contributed by atoms with Crippen LogP contribution in [-0.4, -0.2) is 40.0 Å². The highest BCUT2D eigenvalue weighted by molar-refractivity contribution is 4.90. The molecule has 0 aromatic rings. The molecule has 1 saturated carbocycles. The van der Waals surface area contributed by atoms with Crippen LogP contribution in [0.5, 0.6) is 0 Å². The van der Waals surface area contributed by atoms with Gasteiger partial charge < -0.3 is 14.8 Å². The molecule has 0 amide bonds. The summed E-state index contributed by atoms with van der Waals surface area (Å²) < 4.78 is 10.4. The Kier molecular flexibility index (Phi) is 6.32. The molecule has 1 aliphatic rings. The van der Waals surface area contributed by atoms with E-state index in [2.05, 4.69) is 12.2 Å². The van der Waals surface area contributed by atoms with Crippen LogP contribution in [0.1, 0.15) is 39.0 Å². The van der Waals surface area contributed by atoms with Crippen LogP contribution in [0.4, 0.5) is 0 Å². The van der Waals surface area contributed by atoms with Crippen molar-refractivity contribution in [1.82, 2.24) is 5.32 Å². The zero-order valence-corrected chi connectivity index (χ0v) is 11.1. The summed E-state index contributed by atoms with van der Waals surface area (Å²) in [5, 5.41) is 3.64. The summed E-state index contributed by atoms with van der Waals surface area (Å²) in [6, 6.07) is 0.505. The van der Waals surface area contributed by atoms with Crippen molar-refractivity contribution in [2.24, 2.45) is 5.41 Å². The zero-order valence-electron chi connectivity index (χ0n) is 11.1. The summed E-state index contributed by atoms with van der Waals surface area (Å²) in [7, 11) is 3.56. The largest absolute Gasteiger partial charge is 0.385 e. The predicted octanol–water partition coefficient (Wildman–Crippen LogP) is 2.21. The second-order valence-electron chi connectivity index (χ2n) is 5.04. The minimum Gasteiger partial charge on any atom is -0.385 e. The van der Waals surface area contributed by atoms with Gasteiger partial charge in [-0.25, -0.2) is 0 Å². The molecule has 1 aliphatic carbocycles. The van der Waals surface area contributed by atoms with E-state index in [4.69, 9.17) is 9.47 Å². The van der Waals surface area contributed by atoms with Gasteiger partial charge in [-0.15, -0.1) is 0 Å². The molecule has 16 heavy (non-hydrogen) atoms. The maximum atomic E-state index is 5.21. The topological polar surface area (TPSA) is 30.5 Å². The second-order valence-corrected chi connectivity index (χ2v) is 5.04. The van der Waals surface area contributed by atoms with Gasteiger partial charge in [0, 0.05) is 33.4 Å². The molecule has 96 valence electrons. The van der Waals surface area contributed by atoms with E-state index in [-0.39, 0.29) is 0 Å². The molecule has 0 bridgehead atoms. The molecule has 0 aliphatic heterocycles. The van der Waals surface area contributed by atoms with E-state index in [0.717, 1.165) is 26.2 Å². The van der Waals surface area contributed by atoms with Crippen LogP contribution in [0.3, 0.4) is 0 Å². The number of hydrogen-bond donors (Lipinski definition) is 1. The molecule has 3 heteroatoms. The molecule has 0 radical (unpaired) electrons. The Hall–Kier alpha value is -0.120. The third-order valence-corrected chi connectivity index (χ3v) is 3.88. The monoisotopic (exact) mass is 229 g/mol. The van der Waals surface area contributed by atoms with Gasteiger partial charge in [0.05, 0.1) is 6.61 Å². The average molecular weight is 229 g/mol. The lowest BCUT2D eigenvalue weighted by Gasteiger charge is -2.43. The van der Waals surface area contributed by atoms with Crippen molar-refractivity contribution in [1.29, 1.82) is 0 Å². The first-order valence-electron chi connectivity index (χ1n) is 6.47. The average Bonchev–Trinajstić information content (AvgIpc) is 2.25. The molecule has 1 N–H and O–H groups in total. The molecule has 3 nitrogen and oxygen atoms in total. The number of hydrogen-bond acceptors (Lipinski definition) is 3. The van der Waals surface area contributed by atoms with Crippen LogP contribution in [0.2, 0.25) is 0 Å². The number of rotatable bonds is 9. The van der Waals surface area contributed by atoms with Crippen molar-refractivity contribution in [2.75, 3.05) is 34.0 Å². The van der Waals surface area contributed by atoms with Crippen LogP contribution in [0.25, 0.3) is 0 Å². The summed E-state index contributed by atoms with van der Waals surface area (Å²) in [5.74, 6) is 0. The Morgan fingerprint density at radius 1 is 1.25 bits per heavy atom. The van der Waals surface area contributed by atoms with E-state index >= 15 is 0 Å². The van der Waals surface area contributed by atoms with Crippen molar-refractivity contribution < 1.29 is 9.47 Å². The Balaban J connectivity index is 2.26. The predicted molar refractivity (Wildman–Crippen MR) is 66.7 cm³/mol. The first-order valence-corrected chi connectivity index (χ1v) is 6.47. The minimum absolute atomic E-state index is 0.505. The van der Waals surface area contributed by atoms with E-state index in [1.54, 1.807) is 14.2 Å². The standard InChI is InChI=1S/C13H27NO2/c1-4-12(10-16-3)14-11-13(6-5-7-13)8-9-15-2/h12,14H,4-11H2,1-3H3. The minimum atomic E-state index is 0.505. The lowest BCUT2D eigenvalue weighted by molar-refractivity contribution is 0.0610. The van der Waals surface area contributed by atoms with E-state index in [9.17, 15) is 0 Å². The van der Waals surface area contributed by atoms with Crippen LogP contribution in [0.15, 0.2) is 0 Å². The maximum Gasteiger partial charge on any atom is 0.0615 e. The molecule has 0 heterocycles. The summed E-state index contributed by atoms with van der Waals surface area (Å²) in [5.41, 5.74) is 0.511. The van der Waals surface area contributed by atoms with Gasteiger partial charge in [-0.1, -0.05) is 13.3 Å². The van der Waals surface area contributed by atoms with Crippen LogP contribution in [-0.2, 0) is 9.47 Å². The fraction of sp³-hybridized carbons (Fsp3) is 1.00. The van der Waals surface area contributed by atoms with Crippen molar-refractivity contribution in [3.05, 3.63) is 0 Å². The SMILES string of the molecule is CCC(COC)NCC1(CCOC)CCC1. The molecule has 1 fully saturated rings. The Morgan fingerprint density at radius 2 is 2.00 bits per heavy atom. The highest BCUT2D eigenvalue weighted by atomic mass is 16.5. The third-order valence-electron chi connectivity index (χ3n) is 3.88. The lowest BCUT2D eigenvalue weighted by atomic mass is 9.66. The highest BCUT2D eigenvalue weighted by Gasteiger charge is 2.36. The van der Waals surface area contributed by atoms with E-state index < -0.39 is 0 Å². The number of ether oxygens (including phenoxy) is 2. The maximum absolute atomic E-state index is 5.21. The molecule has 0 spiro atoms. The van der Waals surface area contributed by atoms with Gasteiger partial charge in [-0.3, -0.25) is 0 Å². The van der Waals surface area contributed by atoms with Gasteiger partial charge >= 0.3 is 0 Å². The zero-order chi connectivity index (χ0) is 11.9. The van der Waals surface area contributed by atoms with Crippen molar-refractivity contribution >= 4 is 0 Å². The Labute approximate surface area is 99.9 Å². The van der Waals surface area contributed by atoms with Gasteiger partial charge in [0.2, 0.25) is 0 Å². The second kappa shape index (κ2) is 7.25. The van der Waals surface area contributed by atoms with Crippen LogP contribution < -0.4 is 5.32 Å². The molecule has 1 unspecified atom stereocenters. The fourth-order valence-electron chi connectivity index (χ4n) is 2.39. The summed E-state index contributed by atoms with van der Waals surface area (Å²) in [4.78, 5) is 0. The molecule has 0 aromatic carbocycles. The molecular weight excluding hydrogens is 202 g/mol.